The molecular weight excluding hydrogens is 340 g/mol. The van der Waals surface area contributed by atoms with Crippen LogP contribution in [0.25, 0.3) is 10.2 Å². The molecule has 0 unspecified atom stereocenters. The third-order valence-corrected chi connectivity index (χ3v) is 5.47. The predicted molar refractivity (Wildman–Crippen MR) is 94.9 cm³/mol. The number of carbonyl (C=O) groups is 1. The molecule has 1 amide bonds. The monoisotopic (exact) mass is 356 g/mol. The number of hydrogen-bond donors (Lipinski definition) is 4. The van der Waals surface area contributed by atoms with Crippen LogP contribution in [0.3, 0.4) is 0 Å². The van der Waals surface area contributed by atoms with Crippen molar-refractivity contribution in [2.24, 2.45) is 0 Å². The summed E-state index contributed by atoms with van der Waals surface area (Å²) in [7, 11) is 0. The summed E-state index contributed by atoms with van der Waals surface area (Å²) in [6.07, 6.45) is 5.82. The van der Waals surface area contributed by atoms with Gasteiger partial charge in [-0.05, 0) is 49.4 Å². The maximum absolute atomic E-state index is 12.3. The van der Waals surface area contributed by atoms with Crippen LogP contribution in [0.4, 0.5) is 5.82 Å². The highest BCUT2D eigenvalue weighted by Gasteiger charge is 2.20. The molecule has 1 aliphatic carbocycles. The van der Waals surface area contributed by atoms with E-state index in [2.05, 4.69) is 20.8 Å². The summed E-state index contributed by atoms with van der Waals surface area (Å²) in [5.41, 5.74) is 6.59. The highest BCUT2D eigenvalue weighted by atomic mass is 32.1. The molecule has 0 bridgehead atoms. The van der Waals surface area contributed by atoms with Crippen LogP contribution in [0.1, 0.15) is 33.6 Å². The third-order valence-electron chi connectivity index (χ3n) is 4.27. The second kappa shape index (κ2) is 6.21. The van der Waals surface area contributed by atoms with Crippen molar-refractivity contribution in [3.63, 3.8) is 0 Å². The fourth-order valence-corrected chi connectivity index (χ4v) is 4.30. The van der Waals surface area contributed by atoms with Crippen molar-refractivity contribution < 1.29 is 15.0 Å². The molecular formula is C17H16N4O3S. The van der Waals surface area contributed by atoms with E-state index in [1.165, 1.54) is 41.4 Å². The minimum atomic E-state index is -0.566. The SMILES string of the molecule is O=C(NNc1ncnc2sc3c(c12)CCCC3)c1cc(O)ccc1O. The van der Waals surface area contributed by atoms with Gasteiger partial charge < -0.3 is 10.2 Å². The Morgan fingerprint density at radius 3 is 2.88 bits per heavy atom. The normalized spacial score (nSPS) is 13.4. The summed E-state index contributed by atoms with van der Waals surface area (Å²) in [6.45, 7) is 0. The number of nitrogens with one attached hydrogen (secondary N) is 2. The predicted octanol–water partition coefficient (Wildman–Crippen LogP) is 2.74. The van der Waals surface area contributed by atoms with Crippen LogP contribution in [-0.2, 0) is 12.8 Å². The summed E-state index contributed by atoms with van der Waals surface area (Å²) in [5, 5.41) is 20.2. The highest BCUT2D eigenvalue weighted by Crippen LogP contribution is 2.37. The number of hydrogen-bond acceptors (Lipinski definition) is 7. The van der Waals surface area contributed by atoms with E-state index in [9.17, 15) is 15.0 Å². The largest absolute Gasteiger partial charge is 0.508 e. The van der Waals surface area contributed by atoms with Crippen LogP contribution in [-0.4, -0.2) is 26.1 Å². The summed E-state index contributed by atoms with van der Waals surface area (Å²) < 4.78 is 0. The van der Waals surface area contributed by atoms with E-state index in [4.69, 9.17) is 0 Å². The van der Waals surface area contributed by atoms with Crippen molar-refractivity contribution in [3.05, 3.63) is 40.5 Å². The Balaban J connectivity index is 1.62. The summed E-state index contributed by atoms with van der Waals surface area (Å²) in [4.78, 5) is 23.1. The molecule has 7 nitrogen and oxygen atoms in total. The Morgan fingerprint density at radius 1 is 1.16 bits per heavy atom. The van der Waals surface area contributed by atoms with Crippen molar-refractivity contribution in [1.82, 2.24) is 15.4 Å². The first-order chi connectivity index (χ1) is 12.1. The Morgan fingerprint density at radius 2 is 2.00 bits per heavy atom. The number of hydrazine groups is 1. The molecule has 128 valence electrons. The summed E-state index contributed by atoms with van der Waals surface area (Å²) in [6, 6.07) is 3.78. The molecule has 0 atom stereocenters. The number of anilines is 1. The van der Waals surface area contributed by atoms with Gasteiger partial charge in [-0.25, -0.2) is 9.97 Å². The minimum Gasteiger partial charge on any atom is -0.508 e. The zero-order valence-electron chi connectivity index (χ0n) is 13.2. The second-order valence-corrected chi connectivity index (χ2v) is 6.98. The molecule has 0 fully saturated rings. The summed E-state index contributed by atoms with van der Waals surface area (Å²) >= 11 is 1.67. The lowest BCUT2D eigenvalue weighted by Gasteiger charge is -2.13. The van der Waals surface area contributed by atoms with Gasteiger partial charge in [0.25, 0.3) is 5.91 Å². The van der Waals surface area contributed by atoms with E-state index in [1.807, 2.05) is 0 Å². The molecule has 0 radical (unpaired) electrons. The average Bonchev–Trinajstić information content (AvgIpc) is 3.01. The maximum atomic E-state index is 12.3. The maximum Gasteiger partial charge on any atom is 0.273 e. The molecule has 0 saturated carbocycles. The first kappa shape index (κ1) is 15.6. The molecule has 4 rings (SSSR count). The molecule has 4 N–H and O–H groups in total. The van der Waals surface area contributed by atoms with Gasteiger partial charge in [0.05, 0.1) is 10.9 Å². The number of benzene rings is 1. The van der Waals surface area contributed by atoms with Crippen LogP contribution in [0.2, 0.25) is 0 Å². The lowest BCUT2D eigenvalue weighted by atomic mass is 9.97. The number of carbonyl (C=O) groups excluding carboxylic acids is 1. The Bertz CT molecular complexity index is 970. The lowest BCUT2D eigenvalue weighted by molar-refractivity contribution is 0.0959. The van der Waals surface area contributed by atoms with Crippen LogP contribution < -0.4 is 10.9 Å². The van der Waals surface area contributed by atoms with E-state index in [-0.39, 0.29) is 17.1 Å². The number of amides is 1. The number of phenols is 2. The molecule has 2 aromatic heterocycles. The number of fused-ring (bicyclic) bond motifs is 3. The van der Waals surface area contributed by atoms with Gasteiger partial charge in [-0.15, -0.1) is 11.3 Å². The number of phenolic OH excluding ortho intramolecular Hbond substituents is 2. The van der Waals surface area contributed by atoms with Gasteiger partial charge in [0.2, 0.25) is 0 Å². The topological polar surface area (TPSA) is 107 Å². The molecule has 2 heterocycles. The van der Waals surface area contributed by atoms with Gasteiger partial charge in [-0.3, -0.25) is 15.6 Å². The third kappa shape index (κ3) is 2.85. The zero-order chi connectivity index (χ0) is 17.4. The number of aryl methyl sites for hydroxylation is 2. The number of thiophene rings is 1. The molecule has 1 aliphatic rings. The molecule has 25 heavy (non-hydrogen) atoms. The van der Waals surface area contributed by atoms with Crippen molar-refractivity contribution >= 4 is 33.3 Å². The van der Waals surface area contributed by atoms with E-state index in [1.54, 1.807) is 11.3 Å². The minimum absolute atomic E-state index is 0.0230. The first-order valence-electron chi connectivity index (χ1n) is 7.97. The number of nitrogens with zero attached hydrogens (tertiary/aromatic N) is 2. The highest BCUT2D eigenvalue weighted by molar-refractivity contribution is 7.19. The average molecular weight is 356 g/mol. The Kier molecular flexibility index (Phi) is 3.89. The van der Waals surface area contributed by atoms with Gasteiger partial charge in [0.1, 0.15) is 22.7 Å². The molecule has 8 heteroatoms. The van der Waals surface area contributed by atoms with Gasteiger partial charge in [0.15, 0.2) is 5.82 Å². The summed E-state index contributed by atoms with van der Waals surface area (Å²) in [5.74, 6) is -0.334. The van der Waals surface area contributed by atoms with Crippen LogP contribution in [0.15, 0.2) is 24.5 Å². The molecule has 0 spiro atoms. The Labute approximate surface area is 147 Å². The van der Waals surface area contributed by atoms with E-state index >= 15 is 0 Å². The van der Waals surface area contributed by atoms with Crippen LogP contribution in [0, 0.1) is 0 Å². The fourth-order valence-electron chi connectivity index (χ4n) is 3.07. The van der Waals surface area contributed by atoms with Crippen molar-refractivity contribution in [3.8, 4) is 11.5 Å². The van der Waals surface area contributed by atoms with E-state index < -0.39 is 5.91 Å². The first-order valence-corrected chi connectivity index (χ1v) is 8.78. The molecule has 3 aromatic rings. The number of aromatic hydroxyl groups is 2. The van der Waals surface area contributed by atoms with Crippen LogP contribution in [0.5, 0.6) is 11.5 Å². The second-order valence-electron chi connectivity index (χ2n) is 5.89. The zero-order valence-corrected chi connectivity index (χ0v) is 14.1. The van der Waals surface area contributed by atoms with Gasteiger partial charge in [0, 0.05) is 4.88 Å². The lowest BCUT2D eigenvalue weighted by Crippen LogP contribution is -2.30. The quantitative estimate of drug-likeness (QED) is 0.425. The van der Waals surface area contributed by atoms with Crippen LogP contribution >= 0.6 is 11.3 Å². The number of rotatable bonds is 3. The molecule has 0 aliphatic heterocycles. The van der Waals surface area contributed by atoms with Gasteiger partial charge in [-0.1, -0.05) is 0 Å². The van der Waals surface area contributed by atoms with E-state index in [0.29, 0.717) is 5.82 Å². The van der Waals surface area contributed by atoms with E-state index in [0.717, 1.165) is 29.5 Å². The smallest absolute Gasteiger partial charge is 0.273 e. The van der Waals surface area contributed by atoms with Crippen molar-refractivity contribution in [1.29, 1.82) is 0 Å². The standard InChI is InChI=1S/C17H16N4O3S/c22-9-5-6-12(23)11(7-9)16(24)21-20-15-14-10-3-1-2-4-13(10)25-17(14)19-8-18-15/h5-8,22-23H,1-4H2,(H,21,24)(H,18,19,20). The fraction of sp³-hybridized carbons (Fsp3) is 0.235. The molecule has 0 saturated heterocycles. The van der Waals surface area contributed by atoms with Crippen molar-refractivity contribution in [2.75, 3.05) is 5.43 Å². The molecule has 1 aromatic carbocycles. The Hall–Kier alpha value is -2.87. The van der Waals surface area contributed by atoms with Crippen molar-refractivity contribution in [2.45, 2.75) is 25.7 Å². The number of aromatic nitrogens is 2. The van der Waals surface area contributed by atoms with Gasteiger partial charge >= 0.3 is 0 Å². The van der Waals surface area contributed by atoms with Gasteiger partial charge in [-0.2, -0.15) is 0 Å².